The highest BCUT2D eigenvalue weighted by atomic mass is 35.5. The largest absolute Gasteiger partial charge is 0.398 e. The van der Waals surface area contributed by atoms with Crippen molar-refractivity contribution in [1.82, 2.24) is 19.5 Å². The molecule has 1 aromatic carbocycles. The standard InChI is InChI=1S/C11H13Cl2N5O2S/c1-18-6-15-10(17-18)2-3-16-21(19,20)11-8(13)4-7(12)5-9(11)14/h4-6,16H,2-3,14H2,1H3. The Labute approximate surface area is 132 Å². The molecule has 0 bridgehead atoms. The summed E-state index contributed by atoms with van der Waals surface area (Å²) in [4.78, 5) is 3.83. The van der Waals surface area contributed by atoms with Crippen LogP contribution in [-0.4, -0.2) is 29.7 Å². The summed E-state index contributed by atoms with van der Waals surface area (Å²) in [5.41, 5.74) is 5.67. The van der Waals surface area contributed by atoms with E-state index in [1.54, 1.807) is 7.05 Å². The highest BCUT2D eigenvalue weighted by Crippen LogP contribution is 2.30. The van der Waals surface area contributed by atoms with Gasteiger partial charge in [-0.3, -0.25) is 4.68 Å². The number of nitrogens with one attached hydrogen (secondary N) is 1. The minimum Gasteiger partial charge on any atom is -0.398 e. The normalized spacial score (nSPS) is 11.8. The van der Waals surface area contributed by atoms with Crippen molar-refractivity contribution in [2.45, 2.75) is 11.3 Å². The summed E-state index contributed by atoms with van der Waals surface area (Å²) >= 11 is 11.7. The first-order valence-corrected chi connectivity index (χ1v) is 8.12. The van der Waals surface area contributed by atoms with Crippen molar-refractivity contribution in [1.29, 1.82) is 0 Å². The second-order valence-corrected chi connectivity index (χ2v) is 6.84. The molecule has 0 aliphatic heterocycles. The van der Waals surface area contributed by atoms with Gasteiger partial charge in [-0.25, -0.2) is 18.1 Å². The average Bonchev–Trinajstić information content (AvgIpc) is 2.72. The Kier molecular flexibility index (Phi) is 4.72. The van der Waals surface area contributed by atoms with Crippen molar-refractivity contribution in [3.8, 4) is 0 Å². The van der Waals surface area contributed by atoms with Crippen molar-refractivity contribution in [2.24, 2.45) is 7.05 Å². The van der Waals surface area contributed by atoms with Gasteiger partial charge in [0.15, 0.2) is 5.82 Å². The molecule has 7 nitrogen and oxygen atoms in total. The number of nitrogens with two attached hydrogens (primary N) is 1. The zero-order chi connectivity index (χ0) is 15.6. The van der Waals surface area contributed by atoms with E-state index in [-0.39, 0.29) is 27.2 Å². The Morgan fingerprint density at radius 3 is 2.67 bits per heavy atom. The van der Waals surface area contributed by atoms with Crippen LogP contribution in [0, 0.1) is 0 Å². The Balaban J connectivity index is 2.12. The van der Waals surface area contributed by atoms with Gasteiger partial charge >= 0.3 is 0 Å². The van der Waals surface area contributed by atoms with E-state index in [0.717, 1.165) is 0 Å². The lowest BCUT2D eigenvalue weighted by molar-refractivity contribution is 0.581. The molecule has 114 valence electrons. The van der Waals surface area contributed by atoms with E-state index >= 15 is 0 Å². The van der Waals surface area contributed by atoms with Crippen molar-refractivity contribution in [2.75, 3.05) is 12.3 Å². The number of anilines is 1. The van der Waals surface area contributed by atoms with Crippen LogP contribution in [0.25, 0.3) is 0 Å². The molecule has 0 radical (unpaired) electrons. The topological polar surface area (TPSA) is 103 Å². The van der Waals surface area contributed by atoms with Gasteiger partial charge in [-0.2, -0.15) is 5.10 Å². The second-order valence-electron chi connectivity index (χ2n) is 4.29. The van der Waals surface area contributed by atoms with Gasteiger partial charge in [-0.15, -0.1) is 0 Å². The average molecular weight is 350 g/mol. The third-order valence-corrected chi connectivity index (χ3v) is 4.80. The van der Waals surface area contributed by atoms with Crippen molar-refractivity contribution >= 4 is 38.9 Å². The van der Waals surface area contributed by atoms with Crippen LogP contribution >= 0.6 is 23.2 Å². The van der Waals surface area contributed by atoms with Crippen LogP contribution in [0.1, 0.15) is 5.82 Å². The highest BCUT2D eigenvalue weighted by molar-refractivity contribution is 7.89. The highest BCUT2D eigenvalue weighted by Gasteiger charge is 2.21. The number of nitrogens with zero attached hydrogens (tertiary/aromatic N) is 3. The van der Waals surface area contributed by atoms with E-state index in [0.29, 0.717) is 12.2 Å². The molecule has 0 aliphatic carbocycles. The number of halogens is 2. The van der Waals surface area contributed by atoms with Gasteiger partial charge in [-0.05, 0) is 12.1 Å². The Hall–Kier alpha value is -1.35. The fraction of sp³-hybridized carbons (Fsp3) is 0.273. The summed E-state index contributed by atoms with van der Waals surface area (Å²) in [6.45, 7) is 0.130. The molecule has 1 heterocycles. The van der Waals surface area contributed by atoms with Gasteiger partial charge in [0.2, 0.25) is 10.0 Å². The number of hydrogen-bond donors (Lipinski definition) is 2. The predicted molar refractivity (Wildman–Crippen MR) is 80.8 cm³/mol. The van der Waals surface area contributed by atoms with Gasteiger partial charge in [0, 0.05) is 25.0 Å². The van der Waals surface area contributed by atoms with Crippen LogP contribution in [0.5, 0.6) is 0 Å². The molecule has 1 aromatic heterocycles. The first kappa shape index (κ1) is 16.0. The number of rotatable bonds is 5. The lowest BCUT2D eigenvalue weighted by Gasteiger charge is -2.10. The summed E-state index contributed by atoms with van der Waals surface area (Å²) in [7, 11) is -2.10. The van der Waals surface area contributed by atoms with Gasteiger partial charge in [0.05, 0.1) is 10.7 Å². The number of nitrogen functional groups attached to an aromatic ring is 1. The molecule has 0 saturated heterocycles. The van der Waals surface area contributed by atoms with E-state index in [9.17, 15) is 8.42 Å². The van der Waals surface area contributed by atoms with Crippen LogP contribution in [0.4, 0.5) is 5.69 Å². The van der Waals surface area contributed by atoms with Crippen LogP contribution in [0.3, 0.4) is 0 Å². The smallest absolute Gasteiger partial charge is 0.244 e. The van der Waals surface area contributed by atoms with Crippen LogP contribution in [-0.2, 0) is 23.5 Å². The number of hydrogen-bond acceptors (Lipinski definition) is 5. The maximum absolute atomic E-state index is 12.2. The summed E-state index contributed by atoms with van der Waals surface area (Å²) < 4.78 is 28.4. The van der Waals surface area contributed by atoms with Crippen molar-refractivity contribution in [3.05, 3.63) is 34.3 Å². The minimum absolute atomic E-state index is 0.00374. The predicted octanol–water partition coefficient (Wildman–Crippen LogP) is 1.23. The molecule has 0 aliphatic rings. The van der Waals surface area contributed by atoms with E-state index in [1.807, 2.05) is 0 Å². The monoisotopic (exact) mass is 349 g/mol. The first-order valence-electron chi connectivity index (χ1n) is 5.88. The van der Waals surface area contributed by atoms with Crippen LogP contribution in [0.2, 0.25) is 10.0 Å². The molecular formula is C11H13Cl2N5O2S. The summed E-state index contributed by atoms with van der Waals surface area (Å²) in [6.07, 6.45) is 1.89. The van der Waals surface area contributed by atoms with E-state index < -0.39 is 10.0 Å². The van der Waals surface area contributed by atoms with Crippen LogP contribution in [0.15, 0.2) is 23.4 Å². The van der Waals surface area contributed by atoms with Gasteiger partial charge in [0.1, 0.15) is 11.2 Å². The molecule has 21 heavy (non-hydrogen) atoms. The Morgan fingerprint density at radius 1 is 1.38 bits per heavy atom. The lowest BCUT2D eigenvalue weighted by Crippen LogP contribution is -2.27. The molecule has 0 amide bonds. The van der Waals surface area contributed by atoms with E-state index in [2.05, 4.69) is 14.8 Å². The van der Waals surface area contributed by atoms with E-state index in [4.69, 9.17) is 28.9 Å². The number of aromatic nitrogens is 3. The second kappa shape index (κ2) is 6.18. The molecule has 2 aromatic rings. The first-order chi connectivity index (χ1) is 9.79. The number of aryl methyl sites for hydroxylation is 1. The molecule has 0 unspecified atom stereocenters. The van der Waals surface area contributed by atoms with E-state index in [1.165, 1.54) is 23.1 Å². The zero-order valence-corrected chi connectivity index (χ0v) is 13.4. The Bertz CT molecular complexity index is 737. The van der Waals surface area contributed by atoms with Gasteiger partial charge in [-0.1, -0.05) is 23.2 Å². The lowest BCUT2D eigenvalue weighted by atomic mass is 10.3. The minimum atomic E-state index is -3.83. The molecular weight excluding hydrogens is 337 g/mol. The van der Waals surface area contributed by atoms with Gasteiger partial charge in [0.25, 0.3) is 0 Å². The number of benzene rings is 1. The molecule has 10 heteroatoms. The zero-order valence-electron chi connectivity index (χ0n) is 11.0. The van der Waals surface area contributed by atoms with Crippen LogP contribution < -0.4 is 10.5 Å². The third kappa shape index (κ3) is 3.85. The summed E-state index contributed by atoms with van der Waals surface area (Å²) in [5.74, 6) is 0.537. The SMILES string of the molecule is Cn1cnc(CCNS(=O)(=O)c2c(N)cc(Cl)cc2Cl)n1. The van der Waals surface area contributed by atoms with Gasteiger partial charge < -0.3 is 5.73 Å². The maximum Gasteiger partial charge on any atom is 0.244 e. The molecule has 0 spiro atoms. The van der Waals surface area contributed by atoms with Crippen molar-refractivity contribution < 1.29 is 8.42 Å². The fourth-order valence-electron chi connectivity index (χ4n) is 1.73. The quantitative estimate of drug-likeness (QED) is 0.790. The summed E-state index contributed by atoms with van der Waals surface area (Å²) in [5, 5.41) is 4.30. The van der Waals surface area contributed by atoms with Crippen molar-refractivity contribution in [3.63, 3.8) is 0 Å². The fourth-order valence-corrected chi connectivity index (χ4v) is 3.75. The maximum atomic E-state index is 12.2. The molecule has 0 atom stereocenters. The molecule has 0 fully saturated rings. The summed E-state index contributed by atoms with van der Waals surface area (Å²) in [6, 6.07) is 2.66. The number of sulfonamides is 1. The third-order valence-electron chi connectivity index (χ3n) is 2.59. The molecule has 0 saturated carbocycles. The molecule has 3 N–H and O–H groups in total. The Morgan fingerprint density at radius 2 is 2.10 bits per heavy atom. The molecule has 2 rings (SSSR count).